The summed E-state index contributed by atoms with van der Waals surface area (Å²) in [7, 11) is 0. The summed E-state index contributed by atoms with van der Waals surface area (Å²) in [6.45, 7) is 15.8. The Morgan fingerprint density at radius 1 is 0.658 bits per heavy atom. The second-order valence-corrected chi connectivity index (χ2v) is 13.1. The molecule has 2 bridgehead atoms. The van der Waals surface area contributed by atoms with E-state index in [-0.39, 0.29) is 34.5 Å². The highest BCUT2D eigenvalue weighted by Gasteiger charge is 2.62. The van der Waals surface area contributed by atoms with Crippen LogP contribution in [0.4, 0.5) is 5.69 Å². The molecule has 0 N–H and O–H groups in total. The molecule has 4 nitrogen and oxygen atoms in total. The second-order valence-electron chi connectivity index (χ2n) is 13.1. The molecule has 4 atom stereocenters. The van der Waals surface area contributed by atoms with Crippen molar-refractivity contribution in [1.82, 2.24) is 0 Å². The average molecular weight is 508 g/mol. The molecule has 7 rings (SSSR count). The number of carbonyl (C=O) groups excluding carboxylic acids is 2. The van der Waals surface area contributed by atoms with Gasteiger partial charge in [-0.1, -0.05) is 77.9 Å². The zero-order valence-electron chi connectivity index (χ0n) is 23.5. The number of ether oxygens (including phenoxy) is 1. The monoisotopic (exact) mass is 507 g/mol. The summed E-state index contributed by atoms with van der Waals surface area (Å²) in [4.78, 5) is 29.7. The van der Waals surface area contributed by atoms with E-state index in [0.717, 1.165) is 5.75 Å². The number of hydrogen-bond acceptors (Lipinski definition) is 3. The first-order valence-corrected chi connectivity index (χ1v) is 13.8. The molecule has 2 amide bonds. The fourth-order valence-corrected chi connectivity index (χ4v) is 6.82. The largest absolute Gasteiger partial charge is 0.494 e. The van der Waals surface area contributed by atoms with E-state index >= 15 is 0 Å². The molecule has 38 heavy (non-hydrogen) atoms. The summed E-state index contributed by atoms with van der Waals surface area (Å²) in [5, 5.41) is 0. The molecule has 1 aliphatic heterocycles. The fourth-order valence-electron chi connectivity index (χ4n) is 6.82. The highest BCUT2D eigenvalue weighted by Crippen LogP contribution is 2.62. The van der Waals surface area contributed by atoms with Crippen LogP contribution in [0.1, 0.15) is 93.7 Å². The Morgan fingerprint density at radius 2 is 1.11 bits per heavy atom. The van der Waals surface area contributed by atoms with Crippen LogP contribution in [0.2, 0.25) is 0 Å². The number of amides is 2. The quantitative estimate of drug-likeness (QED) is 0.356. The Kier molecular flexibility index (Phi) is 5.44. The van der Waals surface area contributed by atoms with E-state index in [2.05, 4.69) is 77.9 Å². The van der Waals surface area contributed by atoms with E-state index in [1.807, 2.05) is 31.2 Å². The average Bonchev–Trinajstić information content (AvgIpc) is 3.13. The number of anilines is 1. The number of carbonyl (C=O) groups is 2. The van der Waals surface area contributed by atoms with Gasteiger partial charge in [0.05, 0.1) is 24.1 Å². The summed E-state index contributed by atoms with van der Waals surface area (Å²) in [5.74, 6) is -0.486. The molecule has 3 aromatic carbocycles. The normalized spacial score (nSPS) is 23.8. The lowest BCUT2D eigenvalue weighted by Gasteiger charge is -2.47. The van der Waals surface area contributed by atoms with E-state index in [4.69, 9.17) is 4.74 Å². The van der Waals surface area contributed by atoms with E-state index in [1.165, 1.54) is 38.3 Å². The minimum Gasteiger partial charge on any atom is -0.494 e. The second kappa shape index (κ2) is 8.30. The van der Waals surface area contributed by atoms with Gasteiger partial charge in [0, 0.05) is 11.8 Å². The summed E-state index contributed by atoms with van der Waals surface area (Å²) < 4.78 is 5.59. The maximum Gasteiger partial charge on any atom is 0.238 e. The van der Waals surface area contributed by atoms with Crippen molar-refractivity contribution >= 4 is 17.5 Å². The van der Waals surface area contributed by atoms with Crippen LogP contribution in [-0.2, 0) is 20.4 Å². The number of hydrogen-bond donors (Lipinski definition) is 0. The first kappa shape index (κ1) is 24.9. The highest BCUT2D eigenvalue weighted by atomic mass is 16.5. The van der Waals surface area contributed by atoms with Crippen LogP contribution in [0.25, 0.3) is 0 Å². The molecule has 0 aromatic heterocycles. The molecular formula is C34H37NO3. The van der Waals surface area contributed by atoms with Gasteiger partial charge < -0.3 is 4.74 Å². The Labute approximate surface area is 226 Å². The SMILES string of the molecule is CCOc1ccc(N2C(=O)C3C4c5ccc(C(C)(C)C)cc5C(c5ccc(C(C)(C)C)cc54)C3C2=O)cc1. The first-order chi connectivity index (χ1) is 17.9. The topological polar surface area (TPSA) is 46.6 Å². The molecule has 1 saturated heterocycles. The predicted octanol–water partition coefficient (Wildman–Crippen LogP) is 7.08. The van der Waals surface area contributed by atoms with Crippen LogP contribution in [0.5, 0.6) is 5.75 Å². The van der Waals surface area contributed by atoms with Gasteiger partial charge in [0.25, 0.3) is 0 Å². The van der Waals surface area contributed by atoms with Gasteiger partial charge in [-0.15, -0.1) is 0 Å². The van der Waals surface area contributed by atoms with Crippen molar-refractivity contribution in [2.24, 2.45) is 11.8 Å². The number of rotatable bonds is 3. The fraction of sp³-hybridized carbons (Fsp3) is 0.412. The Balaban J connectivity index is 1.52. The first-order valence-electron chi connectivity index (χ1n) is 13.8. The smallest absolute Gasteiger partial charge is 0.238 e. The maximum absolute atomic E-state index is 14.2. The third-order valence-electron chi connectivity index (χ3n) is 8.77. The Hall–Kier alpha value is -3.40. The Bertz CT molecular complexity index is 1370. The van der Waals surface area contributed by atoms with Crippen molar-refractivity contribution < 1.29 is 14.3 Å². The zero-order valence-corrected chi connectivity index (χ0v) is 23.5. The van der Waals surface area contributed by atoms with E-state index < -0.39 is 11.8 Å². The Morgan fingerprint density at radius 3 is 1.50 bits per heavy atom. The lowest BCUT2D eigenvalue weighted by atomic mass is 9.54. The molecule has 4 heteroatoms. The third kappa shape index (κ3) is 3.56. The van der Waals surface area contributed by atoms with Crippen LogP contribution < -0.4 is 9.64 Å². The summed E-state index contributed by atoms with van der Waals surface area (Å²) in [5.41, 5.74) is 7.97. The van der Waals surface area contributed by atoms with Crippen LogP contribution in [0, 0.1) is 11.8 Å². The van der Waals surface area contributed by atoms with Gasteiger partial charge in [-0.05, 0) is 75.4 Å². The van der Waals surface area contributed by atoms with Crippen LogP contribution in [0.15, 0.2) is 60.7 Å². The van der Waals surface area contributed by atoms with Gasteiger partial charge in [-0.3, -0.25) is 9.59 Å². The van der Waals surface area contributed by atoms with Crippen molar-refractivity contribution in [2.45, 2.75) is 71.1 Å². The van der Waals surface area contributed by atoms with Gasteiger partial charge in [-0.2, -0.15) is 0 Å². The number of benzene rings is 3. The molecule has 4 aliphatic rings. The van der Waals surface area contributed by atoms with Crippen LogP contribution >= 0.6 is 0 Å². The lowest BCUT2D eigenvalue weighted by molar-refractivity contribution is -0.122. The van der Waals surface area contributed by atoms with Crippen molar-refractivity contribution in [2.75, 3.05) is 11.5 Å². The summed E-state index contributed by atoms with van der Waals surface area (Å²) in [6, 6.07) is 20.8. The third-order valence-corrected chi connectivity index (χ3v) is 8.77. The van der Waals surface area contributed by atoms with E-state index in [1.54, 1.807) is 0 Å². The molecule has 0 saturated carbocycles. The molecule has 1 fully saturated rings. The molecule has 196 valence electrons. The number of nitrogens with zero attached hydrogens (tertiary/aromatic N) is 1. The summed E-state index contributed by atoms with van der Waals surface area (Å²) >= 11 is 0. The van der Waals surface area contributed by atoms with E-state index in [9.17, 15) is 9.59 Å². The standard InChI is InChI=1S/C34H37NO3/c1-8-38-22-13-11-21(12-14-22)35-31(36)29-27-24-16-10-20(34(5,6)7)18-26(24)28(30(29)32(35)37)23-15-9-19(17-25(23)27)33(2,3)4/h9-18,27-30H,8H2,1-7H3. The van der Waals surface area contributed by atoms with Gasteiger partial charge in [0.2, 0.25) is 11.8 Å². The molecule has 1 heterocycles. The maximum atomic E-state index is 14.2. The molecule has 3 aliphatic carbocycles. The van der Waals surface area contributed by atoms with Crippen LogP contribution in [0.3, 0.4) is 0 Å². The van der Waals surface area contributed by atoms with Crippen molar-refractivity contribution in [3.8, 4) is 5.75 Å². The lowest BCUT2D eigenvalue weighted by Crippen LogP contribution is -2.42. The molecule has 0 radical (unpaired) electrons. The predicted molar refractivity (Wildman–Crippen MR) is 151 cm³/mol. The number of imide groups is 1. The van der Waals surface area contributed by atoms with Crippen LogP contribution in [-0.4, -0.2) is 18.4 Å². The molecule has 0 spiro atoms. The van der Waals surface area contributed by atoms with Gasteiger partial charge in [0.15, 0.2) is 0 Å². The molecule has 3 aromatic rings. The minimum absolute atomic E-state index is 0.00606. The van der Waals surface area contributed by atoms with Gasteiger partial charge >= 0.3 is 0 Å². The van der Waals surface area contributed by atoms with Crippen molar-refractivity contribution in [3.05, 3.63) is 94.0 Å². The summed E-state index contributed by atoms with van der Waals surface area (Å²) in [6.07, 6.45) is 0. The zero-order chi connectivity index (χ0) is 27.1. The van der Waals surface area contributed by atoms with Gasteiger partial charge in [0.1, 0.15) is 5.75 Å². The minimum atomic E-state index is -0.394. The molecular weight excluding hydrogens is 470 g/mol. The van der Waals surface area contributed by atoms with E-state index in [0.29, 0.717) is 12.3 Å². The van der Waals surface area contributed by atoms with Crippen molar-refractivity contribution in [1.29, 1.82) is 0 Å². The van der Waals surface area contributed by atoms with Crippen molar-refractivity contribution in [3.63, 3.8) is 0 Å². The molecule has 4 unspecified atom stereocenters. The van der Waals surface area contributed by atoms with Gasteiger partial charge in [-0.25, -0.2) is 4.90 Å². The highest BCUT2D eigenvalue weighted by molar-refractivity contribution is 6.23.